The summed E-state index contributed by atoms with van der Waals surface area (Å²) in [5.74, 6) is 0.293. The summed E-state index contributed by atoms with van der Waals surface area (Å²) in [6.45, 7) is 6.70. The molecule has 4 rings (SSSR count). The number of aromatic nitrogens is 2. The van der Waals surface area contributed by atoms with Crippen LogP contribution in [0.1, 0.15) is 29.9 Å². The molecule has 0 aliphatic carbocycles. The molecule has 10 heteroatoms. The average Bonchev–Trinajstić information content (AvgIpc) is 2.67. The highest BCUT2D eigenvalue weighted by Crippen LogP contribution is 2.34. The molecule has 1 saturated heterocycles. The number of hydrogen-bond acceptors (Lipinski definition) is 6. The maximum Gasteiger partial charge on any atom is 0.254 e. The molecule has 0 spiro atoms. The van der Waals surface area contributed by atoms with Crippen LogP contribution in [0, 0.1) is 18.7 Å². The lowest BCUT2D eigenvalue weighted by atomic mass is 9.99. The molecule has 3 heterocycles. The van der Waals surface area contributed by atoms with Gasteiger partial charge in [-0.05, 0) is 31.0 Å². The predicted molar refractivity (Wildman–Crippen MR) is 117 cm³/mol. The van der Waals surface area contributed by atoms with Crippen molar-refractivity contribution in [1.29, 1.82) is 0 Å². The molecule has 0 saturated carbocycles. The molecule has 2 aromatic rings. The molecule has 31 heavy (non-hydrogen) atoms. The summed E-state index contributed by atoms with van der Waals surface area (Å²) in [5.41, 5.74) is 1.54. The zero-order valence-corrected chi connectivity index (χ0v) is 18.5. The quantitative estimate of drug-likeness (QED) is 0.750. The number of aryl methyl sites for hydroxylation is 1. The molecule has 2 amide bonds. The third-order valence-electron chi connectivity index (χ3n) is 5.64. The van der Waals surface area contributed by atoms with Gasteiger partial charge in [-0.1, -0.05) is 25.4 Å². The van der Waals surface area contributed by atoms with Crippen LogP contribution in [0.2, 0.25) is 5.02 Å². The molecule has 1 aromatic carbocycles. The second kappa shape index (κ2) is 7.96. The van der Waals surface area contributed by atoms with Gasteiger partial charge in [0.15, 0.2) is 5.82 Å². The van der Waals surface area contributed by atoms with Crippen LogP contribution in [0.4, 0.5) is 21.8 Å². The Balaban J connectivity index is 1.45. The maximum atomic E-state index is 13.6. The second-order valence-electron chi connectivity index (χ2n) is 8.30. The van der Waals surface area contributed by atoms with Crippen molar-refractivity contribution in [2.24, 2.45) is 5.92 Å². The van der Waals surface area contributed by atoms with Crippen LogP contribution >= 0.6 is 11.6 Å². The van der Waals surface area contributed by atoms with Crippen LogP contribution < -0.4 is 15.5 Å². The predicted octanol–water partition coefficient (Wildman–Crippen LogP) is 2.93. The van der Waals surface area contributed by atoms with Gasteiger partial charge in [-0.15, -0.1) is 0 Å². The Morgan fingerprint density at radius 3 is 2.68 bits per heavy atom. The van der Waals surface area contributed by atoms with Gasteiger partial charge in [-0.3, -0.25) is 9.59 Å². The van der Waals surface area contributed by atoms with Crippen molar-refractivity contribution in [3.05, 3.63) is 40.3 Å². The Labute approximate surface area is 184 Å². The van der Waals surface area contributed by atoms with Gasteiger partial charge in [-0.2, -0.15) is 4.98 Å². The van der Waals surface area contributed by atoms with E-state index in [1.807, 2.05) is 32.7 Å². The summed E-state index contributed by atoms with van der Waals surface area (Å²) < 4.78 is 13.6. The molecular weight excluding hydrogens is 423 g/mol. The number of fused-ring (bicyclic) bond motifs is 1. The third-order valence-corrected chi connectivity index (χ3v) is 5.95. The molecule has 1 aromatic heterocycles. The smallest absolute Gasteiger partial charge is 0.254 e. The standard InChI is InChI=1S/C21H24ClFN6O2/c1-10(2)17-19(30)26-16-11(3)24-21(27-18(16)28(17)4)25-13-8-29(9-13)20(31)12-5-6-14(22)15(23)7-12/h5-7,10,13,17H,8-9H2,1-4H3,(H,26,30)(H,24,25,27). The lowest BCUT2D eigenvalue weighted by Gasteiger charge is -2.40. The van der Waals surface area contributed by atoms with Crippen LogP contribution in [0.25, 0.3) is 0 Å². The molecule has 1 atom stereocenters. The van der Waals surface area contributed by atoms with Gasteiger partial charge in [0, 0.05) is 25.7 Å². The zero-order valence-electron chi connectivity index (χ0n) is 17.7. The average molecular weight is 447 g/mol. The Morgan fingerprint density at radius 2 is 2.03 bits per heavy atom. The van der Waals surface area contributed by atoms with E-state index in [4.69, 9.17) is 11.6 Å². The fourth-order valence-corrected chi connectivity index (χ4v) is 4.13. The van der Waals surface area contributed by atoms with E-state index in [0.29, 0.717) is 36.2 Å². The lowest BCUT2D eigenvalue weighted by Crippen LogP contribution is -2.57. The number of benzene rings is 1. The summed E-state index contributed by atoms with van der Waals surface area (Å²) in [5, 5.41) is 6.16. The zero-order chi connectivity index (χ0) is 22.4. The molecular formula is C21H24ClFN6O2. The number of anilines is 3. The highest BCUT2D eigenvalue weighted by Gasteiger charge is 2.36. The molecule has 8 nitrogen and oxygen atoms in total. The summed E-state index contributed by atoms with van der Waals surface area (Å²) in [6.07, 6.45) is 0. The maximum absolute atomic E-state index is 13.6. The normalized spacial score (nSPS) is 18.5. The van der Waals surface area contributed by atoms with Gasteiger partial charge in [-0.25, -0.2) is 9.37 Å². The van der Waals surface area contributed by atoms with Crippen molar-refractivity contribution >= 4 is 40.9 Å². The molecule has 0 bridgehead atoms. The number of hydrogen-bond donors (Lipinski definition) is 2. The molecule has 1 unspecified atom stereocenters. The van der Waals surface area contributed by atoms with E-state index < -0.39 is 5.82 Å². The van der Waals surface area contributed by atoms with E-state index in [2.05, 4.69) is 20.6 Å². The van der Waals surface area contributed by atoms with E-state index in [1.165, 1.54) is 12.1 Å². The van der Waals surface area contributed by atoms with Gasteiger partial charge < -0.3 is 20.4 Å². The fraction of sp³-hybridized carbons (Fsp3) is 0.429. The first-order valence-electron chi connectivity index (χ1n) is 10.1. The van der Waals surface area contributed by atoms with Crippen molar-refractivity contribution in [3.63, 3.8) is 0 Å². The number of nitrogens with one attached hydrogen (secondary N) is 2. The Morgan fingerprint density at radius 1 is 1.32 bits per heavy atom. The summed E-state index contributed by atoms with van der Waals surface area (Å²) in [6, 6.07) is 3.70. The second-order valence-corrected chi connectivity index (χ2v) is 8.71. The summed E-state index contributed by atoms with van der Waals surface area (Å²) >= 11 is 5.68. The summed E-state index contributed by atoms with van der Waals surface area (Å²) in [7, 11) is 1.85. The van der Waals surface area contributed by atoms with Crippen LogP contribution in [0.15, 0.2) is 18.2 Å². The molecule has 2 aliphatic rings. The lowest BCUT2D eigenvalue weighted by molar-refractivity contribution is -0.118. The molecule has 0 radical (unpaired) electrons. The van der Waals surface area contributed by atoms with Crippen molar-refractivity contribution in [1.82, 2.24) is 14.9 Å². The SMILES string of the molecule is Cc1nc(NC2CN(C(=O)c3ccc(Cl)c(F)c3)C2)nc2c1NC(=O)C(C(C)C)N2C. The van der Waals surface area contributed by atoms with Crippen LogP contribution in [-0.4, -0.2) is 58.9 Å². The van der Waals surface area contributed by atoms with E-state index in [1.54, 1.807) is 4.90 Å². The highest BCUT2D eigenvalue weighted by molar-refractivity contribution is 6.30. The van der Waals surface area contributed by atoms with Gasteiger partial charge in [0.25, 0.3) is 5.91 Å². The monoisotopic (exact) mass is 446 g/mol. The largest absolute Gasteiger partial charge is 0.348 e. The first-order chi connectivity index (χ1) is 14.7. The minimum atomic E-state index is -0.614. The molecule has 1 fully saturated rings. The van der Waals surface area contributed by atoms with Crippen molar-refractivity contribution in [2.45, 2.75) is 32.9 Å². The number of rotatable bonds is 4. The first-order valence-corrected chi connectivity index (χ1v) is 10.5. The van der Waals surface area contributed by atoms with Gasteiger partial charge in [0.05, 0.1) is 16.8 Å². The number of amides is 2. The number of carbonyl (C=O) groups excluding carboxylic acids is 2. The fourth-order valence-electron chi connectivity index (χ4n) is 4.01. The van der Waals surface area contributed by atoms with E-state index in [0.717, 1.165) is 6.07 Å². The molecule has 2 aliphatic heterocycles. The number of halogens is 2. The number of nitrogens with zero attached hydrogens (tertiary/aromatic N) is 4. The van der Waals surface area contributed by atoms with Crippen LogP contribution in [-0.2, 0) is 4.79 Å². The molecule has 164 valence electrons. The van der Waals surface area contributed by atoms with E-state index in [-0.39, 0.29) is 40.4 Å². The summed E-state index contributed by atoms with van der Waals surface area (Å²) in [4.78, 5) is 37.5. The Kier molecular flexibility index (Phi) is 5.47. The number of likely N-dealkylation sites (N-methyl/N-ethyl adjacent to an activating group) is 1. The van der Waals surface area contributed by atoms with Crippen LogP contribution in [0.3, 0.4) is 0 Å². The molecule has 2 N–H and O–H groups in total. The Hall–Kier alpha value is -2.94. The highest BCUT2D eigenvalue weighted by atomic mass is 35.5. The Bertz CT molecular complexity index is 1060. The minimum absolute atomic E-state index is 0.0134. The third kappa shape index (κ3) is 3.89. The topological polar surface area (TPSA) is 90.5 Å². The van der Waals surface area contributed by atoms with Crippen molar-refractivity contribution in [3.8, 4) is 0 Å². The van der Waals surface area contributed by atoms with E-state index >= 15 is 0 Å². The van der Waals surface area contributed by atoms with E-state index in [9.17, 15) is 14.0 Å². The number of carbonyl (C=O) groups is 2. The van der Waals surface area contributed by atoms with Crippen molar-refractivity contribution in [2.75, 3.05) is 35.7 Å². The van der Waals surface area contributed by atoms with Gasteiger partial charge in [0.2, 0.25) is 11.9 Å². The number of likely N-dealkylation sites (tertiary alicyclic amines) is 1. The van der Waals surface area contributed by atoms with Crippen molar-refractivity contribution < 1.29 is 14.0 Å². The van der Waals surface area contributed by atoms with Gasteiger partial charge >= 0.3 is 0 Å². The first kappa shape index (κ1) is 21.3. The van der Waals surface area contributed by atoms with Crippen LogP contribution in [0.5, 0.6) is 0 Å². The minimum Gasteiger partial charge on any atom is -0.348 e. The van der Waals surface area contributed by atoms with Gasteiger partial charge in [0.1, 0.15) is 17.5 Å².